The van der Waals surface area contributed by atoms with Gasteiger partial charge in [-0.1, -0.05) is 29.7 Å². The van der Waals surface area contributed by atoms with Crippen molar-refractivity contribution in [2.45, 2.75) is 19.5 Å². The first kappa shape index (κ1) is 9.96. The van der Waals surface area contributed by atoms with E-state index in [1.54, 1.807) is 6.92 Å². The molecular weight excluding hydrogens is 187 g/mol. The molecule has 0 saturated carbocycles. The van der Waals surface area contributed by atoms with Crippen molar-refractivity contribution in [3.8, 4) is 0 Å². The van der Waals surface area contributed by atoms with Crippen LogP contribution in [0.1, 0.15) is 19.4 Å². The maximum absolute atomic E-state index is 9.48. The Kier molecular flexibility index (Phi) is 2.14. The summed E-state index contributed by atoms with van der Waals surface area (Å²) in [7, 11) is 2.03. The van der Waals surface area contributed by atoms with Crippen LogP contribution in [0.3, 0.4) is 0 Å². The fraction of sp³-hybridized carbons (Fsp3) is 0.273. The monoisotopic (exact) mass is 200 g/mol. The summed E-state index contributed by atoms with van der Waals surface area (Å²) < 4.78 is 0. The zero-order valence-corrected chi connectivity index (χ0v) is 9.15. The van der Waals surface area contributed by atoms with Crippen LogP contribution in [0.25, 0.3) is 0 Å². The molecule has 1 N–H and O–H groups in total. The van der Waals surface area contributed by atoms with E-state index >= 15 is 0 Å². The summed E-state index contributed by atoms with van der Waals surface area (Å²) in [6, 6.07) is 8.03. The van der Waals surface area contributed by atoms with Crippen molar-refractivity contribution >= 4 is 24.9 Å². The normalized spacial score (nSPS) is 24.9. The molecule has 1 atom stereocenters. The molecule has 76 valence electrons. The van der Waals surface area contributed by atoms with Gasteiger partial charge in [0.15, 0.2) is 5.66 Å². The fourth-order valence-corrected chi connectivity index (χ4v) is 1.76. The molecule has 1 unspecified atom stereocenters. The Morgan fingerprint density at radius 2 is 2.07 bits per heavy atom. The molecule has 15 heavy (non-hydrogen) atoms. The number of benzene rings is 1. The Hall–Kier alpha value is -1.58. The third kappa shape index (κ3) is 1.67. The molecule has 1 aromatic carbocycles. The Morgan fingerprint density at radius 3 is 2.60 bits per heavy atom. The lowest BCUT2D eigenvalue weighted by Gasteiger charge is -2.17. The predicted molar refractivity (Wildman–Crippen MR) is 65.1 cm³/mol. The van der Waals surface area contributed by atoms with Gasteiger partial charge in [-0.2, -0.15) is 0 Å². The van der Waals surface area contributed by atoms with E-state index in [1.807, 2.05) is 39.0 Å². The number of rotatable bonds is 1. The van der Waals surface area contributed by atoms with Crippen molar-refractivity contribution < 1.29 is 5.11 Å². The second-order valence-electron chi connectivity index (χ2n) is 4.02. The number of nitrogens with zero attached hydrogens (tertiary/aromatic N) is 2. The van der Waals surface area contributed by atoms with Crippen LogP contribution < -0.4 is 5.46 Å². The average Bonchev–Trinajstić information content (AvgIpc) is 2.42. The summed E-state index contributed by atoms with van der Waals surface area (Å²) in [5.74, 6) is 0.0407. The summed E-state index contributed by atoms with van der Waals surface area (Å²) in [6.45, 7) is 3.66. The van der Waals surface area contributed by atoms with Gasteiger partial charge in [0.25, 0.3) is 0 Å². The summed E-state index contributed by atoms with van der Waals surface area (Å²) in [6.07, 6.45) is 0. The molecule has 0 amide bonds. The second-order valence-corrected chi connectivity index (χ2v) is 4.02. The van der Waals surface area contributed by atoms with Gasteiger partial charge in [0.2, 0.25) is 5.90 Å². The van der Waals surface area contributed by atoms with Gasteiger partial charge in [-0.3, -0.25) is 4.99 Å². The Morgan fingerprint density at radius 1 is 1.33 bits per heavy atom. The van der Waals surface area contributed by atoms with Gasteiger partial charge < -0.3 is 5.11 Å². The topological polar surface area (TPSA) is 45.0 Å². The molecule has 0 aliphatic carbocycles. The van der Waals surface area contributed by atoms with Crippen molar-refractivity contribution in [1.82, 2.24) is 0 Å². The second kappa shape index (κ2) is 3.23. The van der Waals surface area contributed by atoms with E-state index < -0.39 is 5.66 Å². The van der Waals surface area contributed by atoms with Crippen LogP contribution in [0.4, 0.5) is 0 Å². The Bertz CT molecular complexity index is 447. The minimum Gasteiger partial charge on any atom is -0.492 e. The van der Waals surface area contributed by atoms with Crippen LogP contribution in [0.2, 0.25) is 0 Å². The van der Waals surface area contributed by atoms with E-state index in [1.165, 1.54) is 5.46 Å². The largest absolute Gasteiger partial charge is 0.492 e. The van der Waals surface area contributed by atoms with E-state index in [9.17, 15) is 5.11 Å². The summed E-state index contributed by atoms with van der Waals surface area (Å²) in [5, 5.41) is 9.48. The van der Waals surface area contributed by atoms with E-state index in [4.69, 9.17) is 0 Å². The molecule has 1 aliphatic heterocycles. The fourth-order valence-electron chi connectivity index (χ4n) is 1.76. The molecule has 0 aromatic heterocycles. The molecule has 1 heterocycles. The minimum absolute atomic E-state index is 0.0407. The number of hydrogen-bond acceptors (Lipinski definition) is 2. The lowest BCUT2D eigenvalue weighted by atomic mass is 9.91. The smallest absolute Gasteiger partial charge is 0.230 e. The molecule has 1 aliphatic rings. The van der Waals surface area contributed by atoms with Crippen molar-refractivity contribution in [2.24, 2.45) is 9.98 Å². The number of aliphatic hydroxyl groups is 1. The van der Waals surface area contributed by atoms with Gasteiger partial charge in [0, 0.05) is 5.56 Å². The van der Waals surface area contributed by atoms with Gasteiger partial charge in [-0.15, -0.1) is 0 Å². The quantitative estimate of drug-likeness (QED) is 0.661. The Balaban J connectivity index is 2.49. The first-order valence-corrected chi connectivity index (χ1v) is 4.94. The number of aliphatic hydroxyl groups excluding tert-OH is 1. The standard InChI is InChI=1S/C11H13BN2O/c1-7-10(15)14-11(2,13-7)8-4-3-5-9(12)6-8/h3-6H,12H2,1-2H3,(H,14,15). The number of hydrogen-bond donors (Lipinski definition) is 1. The SMILES string of the molecule is Bc1cccc(C2(C)N=C(C)C(O)=N2)c1. The third-order valence-electron chi connectivity index (χ3n) is 2.60. The van der Waals surface area contributed by atoms with E-state index in [2.05, 4.69) is 9.98 Å². The van der Waals surface area contributed by atoms with Crippen LogP contribution in [0.15, 0.2) is 34.3 Å². The van der Waals surface area contributed by atoms with Crippen molar-refractivity contribution in [1.29, 1.82) is 0 Å². The predicted octanol–water partition coefficient (Wildman–Crippen LogP) is 0.549. The molecular formula is C11H13BN2O. The van der Waals surface area contributed by atoms with Gasteiger partial charge in [-0.25, -0.2) is 4.99 Å². The first-order valence-electron chi connectivity index (χ1n) is 4.94. The van der Waals surface area contributed by atoms with Crippen LogP contribution in [0.5, 0.6) is 0 Å². The molecule has 4 heteroatoms. The highest BCUT2D eigenvalue weighted by atomic mass is 16.3. The lowest BCUT2D eigenvalue weighted by molar-refractivity contribution is 0.508. The summed E-state index contributed by atoms with van der Waals surface area (Å²) >= 11 is 0. The average molecular weight is 200 g/mol. The highest BCUT2D eigenvalue weighted by Crippen LogP contribution is 2.30. The zero-order valence-electron chi connectivity index (χ0n) is 9.15. The highest BCUT2D eigenvalue weighted by Gasteiger charge is 2.31. The first-order chi connectivity index (χ1) is 7.01. The minimum atomic E-state index is -0.653. The summed E-state index contributed by atoms with van der Waals surface area (Å²) in [4.78, 5) is 8.56. The van der Waals surface area contributed by atoms with Crippen LogP contribution >= 0.6 is 0 Å². The third-order valence-corrected chi connectivity index (χ3v) is 2.60. The van der Waals surface area contributed by atoms with Crippen molar-refractivity contribution in [3.63, 3.8) is 0 Å². The van der Waals surface area contributed by atoms with Crippen molar-refractivity contribution in [3.05, 3.63) is 29.8 Å². The molecule has 1 aromatic rings. The lowest BCUT2D eigenvalue weighted by Crippen LogP contribution is -2.16. The highest BCUT2D eigenvalue weighted by molar-refractivity contribution is 6.38. The van der Waals surface area contributed by atoms with E-state index in [-0.39, 0.29) is 5.90 Å². The molecule has 0 spiro atoms. The van der Waals surface area contributed by atoms with Gasteiger partial charge >= 0.3 is 0 Å². The molecule has 0 radical (unpaired) electrons. The van der Waals surface area contributed by atoms with E-state index in [0.29, 0.717) is 5.71 Å². The van der Waals surface area contributed by atoms with E-state index in [0.717, 1.165) is 5.56 Å². The maximum atomic E-state index is 9.48. The maximum Gasteiger partial charge on any atom is 0.230 e. The molecule has 0 fully saturated rings. The number of aliphatic imine (C=N–C) groups is 2. The van der Waals surface area contributed by atoms with Gasteiger partial charge in [-0.05, 0) is 13.8 Å². The zero-order chi connectivity index (χ0) is 11.1. The van der Waals surface area contributed by atoms with Gasteiger partial charge in [0.1, 0.15) is 7.85 Å². The molecule has 0 bridgehead atoms. The van der Waals surface area contributed by atoms with Gasteiger partial charge in [0.05, 0.1) is 5.71 Å². The van der Waals surface area contributed by atoms with Crippen LogP contribution in [-0.4, -0.2) is 24.6 Å². The summed E-state index contributed by atoms with van der Waals surface area (Å²) in [5.41, 5.74) is 2.12. The van der Waals surface area contributed by atoms with Crippen LogP contribution in [-0.2, 0) is 5.66 Å². The van der Waals surface area contributed by atoms with Crippen LogP contribution in [0, 0.1) is 0 Å². The Labute approximate surface area is 90.0 Å². The molecule has 3 nitrogen and oxygen atoms in total. The molecule has 0 saturated heterocycles. The van der Waals surface area contributed by atoms with Crippen molar-refractivity contribution in [2.75, 3.05) is 0 Å². The molecule has 2 rings (SSSR count).